The molecule has 0 fully saturated rings. The maximum Gasteiger partial charge on any atom is 0.152 e. The van der Waals surface area contributed by atoms with Crippen molar-refractivity contribution in [3.8, 4) is 0 Å². The van der Waals surface area contributed by atoms with Crippen LogP contribution in [0, 0.1) is 0 Å². The van der Waals surface area contributed by atoms with Crippen LogP contribution in [0.15, 0.2) is 24.5 Å². The Morgan fingerprint density at radius 2 is 2.36 bits per heavy atom. The molecule has 0 saturated carbocycles. The molecule has 0 amide bonds. The van der Waals surface area contributed by atoms with Crippen LogP contribution in [0.3, 0.4) is 0 Å². The molecule has 0 aliphatic heterocycles. The molecule has 2 aromatic rings. The van der Waals surface area contributed by atoms with Crippen LogP contribution < -0.4 is 5.73 Å². The van der Waals surface area contributed by atoms with Crippen LogP contribution in [0.25, 0.3) is 10.9 Å². The van der Waals surface area contributed by atoms with Crippen molar-refractivity contribution >= 4 is 16.7 Å². The average molecular weight is 189 g/mol. The summed E-state index contributed by atoms with van der Waals surface area (Å²) in [7, 11) is 0. The lowest BCUT2D eigenvalue weighted by atomic mass is 10.1. The van der Waals surface area contributed by atoms with Crippen molar-refractivity contribution in [2.45, 2.75) is 13.0 Å². The molecule has 2 heterocycles. The second-order valence-electron chi connectivity index (χ2n) is 3.22. The molecule has 0 saturated heterocycles. The summed E-state index contributed by atoms with van der Waals surface area (Å²) in [5.41, 5.74) is 7.32. The molecule has 3 N–H and O–H groups in total. The van der Waals surface area contributed by atoms with Gasteiger partial charge in [-0.05, 0) is 19.1 Å². The highest BCUT2D eigenvalue weighted by atomic mass is 16.1. The molecule has 72 valence electrons. The summed E-state index contributed by atoms with van der Waals surface area (Å²) in [4.78, 5) is 18.3. The molecule has 0 aliphatic carbocycles. The number of nitrogens with one attached hydrogen (secondary N) is 1. The Morgan fingerprint density at radius 3 is 3.07 bits per heavy atom. The van der Waals surface area contributed by atoms with E-state index in [2.05, 4.69) is 9.97 Å². The number of fused-ring (bicyclic) bond motifs is 1. The van der Waals surface area contributed by atoms with Crippen molar-refractivity contribution in [2.24, 2.45) is 5.73 Å². The maximum absolute atomic E-state index is 11.1. The number of nitrogens with two attached hydrogens (primary N) is 1. The summed E-state index contributed by atoms with van der Waals surface area (Å²) in [6.45, 7) is 1.47. The molecule has 0 spiro atoms. The first-order chi connectivity index (χ1) is 6.70. The van der Waals surface area contributed by atoms with Gasteiger partial charge in [-0.25, -0.2) is 0 Å². The Balaban J connectivity index is 2.61. The number of hydrogen-bond donors (Lipinski definition) is 2. The maximum atomic E-state index is 11.1. The smallest absolute Gasteiger partial charge is 0.152 e. The van der Waals surface area contributed by atoms with Gasteiger partial charge in [0.05, 0.1) is 5.69 Å². The summed E-state index contributed by atoms with van der Waals surface area (Å²) in [5.74, 6) is -0.0776. The summed E-state index contributed by atoms with van der Waals surface area (Å²) in [6.07, 6.45) is 3.46. The Bertz CT molecular complexity index is 475. The van der Waals surface area contributed by atoms with Crippen LogP contribution in [-0.2, 0) is 4.79 Å². The number of ketones is 1. The van der Waals surface area contributed by atoms with Crippen LogP contribution in [-0.4, -0.2) is 15.8 Å². The van der Waals surface area contributed by atoms with Gasteiger partial charge in [-0.15, -0.1) is 0 Å². The van der Waals surface area contributed by atoms with Crippen LogP contribution in [0.5, 0.6) is 0 Å². The van der Waals surface area contributed by atoms with Crippen molar-refractivity contribution in [1.82, 2.24) is 9.97 Å². The molecule has 0 aromatic carbocycles. The molecule has 0 aliphatic rings. The van der Waals surface area contributed by atoms with E-state index in [1.807, 2.05) is 18.3 Å². The number of H-pyrrole nitrogens is 1. The zero-order valence-electron chi connectivity index (χ0n) is 7.82. The number of carbonyl (C=O) groups excluding carboxylic acids is 1. The summed E-state index contributed by atoms with van der Waals surface area (Å²) in [6, 6.07) is 3.10. The van der Waals surface area contributed by atoms with Gasteiger partial charge < -0.3 is 10.7 Å². The quantitative estimate of drug-likeness (QED) is 0.744. The fraction of sp³-hybridized carbons (Fsp3) is 0.200. The normalized spacial score (nSPS) is 13.0. The molecular formula is C10H11N3O. The van der Waals surface area contributed by atoms with Gasteiger partial charge in [-0.1, -0.05) is 0 Å². The second-order valence-corrected chi connectivity index (χ2v) is 3.22. The standard InChI is InChI=1S/C10H11N3O/c1-6(14)9(11)10-7-2-4-12-8(7)3-5-13-10/h2-5,9,12H,11H2,1H3. The minimum atomic E-state index is -0.630. The topological polar surface area (TPSA) is 71.8 Å². The first kappa shape index (κ1) is 8.90. The van der Waals surface area contributed by atoms with Gasteiger partial charge in [-0.3, -0.25) is 9.78 Å². The number of aromatic amines is 1. The fourth-order valence-corrected chi connectivity index (χ4v) is 1.45. The Labute approximate surface area is 81.1 Å². The number of pyridine rings is 1. The Morgan fingerprint density at radius 1 is 1.57 bits per heavy atom. The summed E-state index contributed by atoms with van der Waals surface area (Å²) in [5, 5.41) is 0.912. The summed E-state index contributed by atoms with van der Waals surface area (Å²) >= 11 is 0. The highest BCUT2D eigenvalue weighted by molar-refractivity contribution is 5.89. The van der Waals surface area contributed by atoms with Crippen molar-refractivity contribution in [1.29, 1.82) is 0 Å². The first-order valence-corrected chi connectivity index (χ1v) is 4.38. The number of nitrogens with zero attached hydrogens (tertiary/aromatic N) is 1. The van der Waals surface area contributed by atoms with Gasteiger partial charge in [0.15, 0.2) is 5.78 Å². The van der Waals surface area contributed by atoms with Gasteiger partial charge >= 0.3 is 0 Å². The van der Waals surface area contributed by atoms with Gasteiger partial charge in [0.25, 0.3) is 0 Å². The van der Waals surface area contributed by atoms with Gasteiger partial charge in [0, 0.05) is 23.3 Å². The van der Waals surface area contributed by atoms with E-state index in [9.17, 15) is 4.79 Å². The van der Waals surface area contributed by atoms with E-state index in [1.54, 1.807) is 6.20 Å². The molecule has 4 nitrogen and oxygen atoms in total. The van der Waals surface area contributed by atoms with E-state index >= 15 is 0 Å². The lowest BCUT2D eigenvalue weighted by Gasteiger charge is -2.07. The third kappa shape index (κ3) is 1.29. The predicted molar refractivity (Wildman–Crippen MR) is 53.7 cm³/mol. The molecule has 0 radical (unpaired) electrons. The number of carbonyl (C=O) groups is 1. The van der Waals surface area contributed by atoms with Gasteiger partial charge in [0.1, 0.15) is 6.04 Å². The minimum Gasteiger partial charge on any atom is -0.361 e. The molecule has 4 heteroatoms. The molecule has 2 aromatic heterocycles. The van der Waals surface area contributed by atoms with E-state index in [0.717, 1.165) is 10.9 Å². The summed E-state index contributed by atoms with van der Waals surface area (Å²) < 4.78 is 0. The largest absolute Gasteiger partial charge is 0.361 e. The highest BCUT2D eigenvalue weighted by Gasteiger charge is 2.15. The lowest BCUT2D eigenvalue weighted by molar-refractivity contribution is -0.118. The third-order valence-corrected chi connectivity index (χ3v) is 2.24. The van der Waals surface area contributed by atoms with E-state index < -0.39 is 6.04 Å². The second kappa shape index (κ2) is 3.23. The van der Waals surface area contributed by atoms with Crippen LogP contribution in [0.1, 0.15) is 18.7 Å². The van der Waals surface area contributed by atoms with Crippen molar-refractivity contribution < 1.29 is 4.79 Å². The molecular weight excluding hydrogens is 178 g/mol. The van der Waals surface area contributed by atoms with Crippen molar-refractivity contribution in [3.05, 3.63) is 30.2 Å². The van der Waals surface area contributed by atoms with Crippen molar-refractivity contribution in [3.63, 3.8) is 0 Å². The van der Waals surface area contributed by atoms with Crippen LogP contribution in [0.2, 0.25) is 0 Å². The zero-order valence-corrected chi connectivity index (χ0v) is 7.82. The highest BCUT2D eigenvalue weighted by Crippen LogP contribution is 2.20. The Kier molecular flexibility index (Phi) is 2.05. The number of aromatic nitrogens is 2. The number of Topliss-reactive ketones (excluding diaryl/α,β-unsaturated/α-hetero) is 1. The van der Waals surface area contributed by atoms with Gasteiger partial charge in [0.2, 0.25) is 0 Å². The van der Waals surface area contributed by atoms with E-state index in [4.69, 9.17) is 5.73 Å². The van der Waals surface area contributed by atoms with E-state index in [1.165, 1.54) is 6.92 Å². The molecule has 1 unspecified atom stereocenters. The molecule has 14 heavy (non-hydrogen) atoms. The monoisotopic (exact) mass is 189 g/mol. The predicted octanol–water partition coefficient (Wildman–Crippen LogP) is 1.15. The van der Waals surface area contributed by atoms with Crippen LogP contribution >= 0.6 is 0 Å². The van der Waals surface area contributed by atoms with Crippen LogP contribution in [0.4, 0.5) is 0 Å². The van der Waals surface area contributed by atoms with E-state index in [-0.39, 0.29) is 5.78 Å². The Hall–Kier alpha value is -1.68. The molecule has 1 atom stereocenters. The molecule has 2 rings (SSSR count). The number of hydrogen-bond acceptors (Lipinski definition) is 3. The van der Waals surface area contributed by atoms with E-state index in [0.29, 0.717) is 5.69 Å². The number of rotatable bonds is 2. The fourth-order valence-electron chi connectivity index (χ4n) is 1.45. The minimum absolute atomic E-state index is 0.0776. The average Bonchev–Trinajstić information content (AvgIpc) is 2.63. The van der Waals surface area contributed by atoms with Crippen molar-refractivity contribution in [2.75, 3.05) is 0 Å². The lowest BCUT2D eigenvalue weighted by Crippen LogP contribution is -2.19. The zero-order chi connectivity index (χ0) is 10.1. The molecule has 0 bridgehead atoms. The van der Waals surface area contributed by atoms with Gasteiger partial charge in [-0.2, -0.15) is 0 Å². The SMILES string of the molecule is CC(=O)C(N)c1nccc2[nH]ccc12. The first-order valence-electron chi connectivity index (χ1n) is 4.38. The third-order valence-electron chi connectivity index (χ3n) is 2.24.